The smallest absolute Gasteiger partial charge is 0.306 e. The lowest BCUT2D eigenvalue weighted by Gasteiger charge is -2.08. The Balaban J connectivity index is 1.68. The normalized spacial score (nSPS) is 10.7. The molecule has 8 nitrogen and oxygen atoms in total. The van der Waals surface area contributed by atoms with Crippen molar-refractivity contribution in [2.45, 2.75) is 25.5 Å². The molecule has 29 heavy (non-hydrogen) atoms. The van der Waals surface area contributed by atoms with E-state index in [-0.39, 0.29) is 11.4 Å². The van der Waals surface area contributed by atoms with Crippen LogP contribution < -0.4 is 5.32 Å². The predicted octanol–water partition coefficient (Wildman–Crippen LogP) is 4.05. The van der Waals surface area contributed by atoms with Crippen LogP contribution in [-0.4, -0.2) is 31.3 Å². The van der Waals surface area contributed by atoms with Crippen LogP contribution in [-0.2, 0) is 11.3 Å². The molecule has 1 N–H and O–H groups in total. The highest BCUT2D eigenvalue weighted by atomic mass is 32.2. The van der Waals surface area contributed by atoms with Crippen LogP contribution >= 0.6 is 11.8 Å². The van der Waals surface area contributed by atoms with Crippen LogP contribution in [0.5, 0.6) is 0 Å². The predicted molar refractivity (Wildman–Crippen MR) is 108 cm³/mol. The molecule has 0 saturated heterocycles. The quantitative estimate of drug-likeness (QED) is 0.355. The molecule has 0 fully saturated rings. The summed E-state index contributed by atoms with van der Waals surface area (Å²) in [5, 5.41) is 22.3. The zero-order chi connectivity index (χ0) is 21.0. The molecule has 0 spiro atoms. The molecule has 1 aromatic heterocycles. The van der Waals surface area contributed by atoms with Crippen LogP contribution in [0.25, 0.3) is 11.4 Å². The van der Waals surface area contributed by atoms with Crippen molar-refractivity contribution in [2.75, 3.05) is 11.1 Å². The average Bonchev–Trinajstić information content (AvgIpc) is 3.11. The van der Waals surface area contributed by atoms with Gasteiger partial charge >= 0.3 is 5.69 Å². The van der Waals surface area contributed by atoms with Crippen LogP contribution in [0.2, 0.25) is 0 Å². The second kappa shape index (κ2) is 8.82. The molecule has 0 aliphatic heterocycles. The fraction of sp³-hybridized carbons (Fsp3) is 0.211. The van der Waals surface area contributed by atoms with Crippen LogP contribution in [0, 0.1) is 22.9 Å². The molecule has 3 aromatic rings. The van der Waals surface area contributed by atoms with Gasteiger partial charge in [-0.2, -0.15) is 4.39 Å². The van der Waals surface area contributed by atoms with Crippen molar-refractivity contribution in [3.8, 4) is 11.4 Å². The van der Waals surface area contributed by atoms with Crippen LogP contribution in [0.1, 0.15) is 12.5 Å². The number of rotatable bonds is 7. The first-order valence-corrected chi connectivity index (χ1v) is 9.74. The molecule has 3 rings (SSSR count). The summed E-state index contributed by atoms with van der Waals surface area (Å²) in [5.41, 5.74) is 1.54. The van der Waals surface area contributed by atoms with E-state index in [1.807, 2.05) is 42.7 Å². The highest BCUT2D eigenvalue weighted by molar-refractivity contribution is 7.99. The SMILES string of the molecule is CCn1c(SCC(=O)Nc2ccc(F)c([N+](=O)[O-])c2)nnc1-c1ccc(C)cc1. The maximum absolute atomic E-state index is 13.4. The Kier molecular flexibility index (Phi) is 6.23. The molecule has 2 aromatic carbocycles. The van der Waals surface area contributed by atoms with Gasteiger partial charge in [0.05, 0.1) is 10.7 Å². The third-order valence-electron chi connectivity index (χ3n) is 4.10. The zero-order valence-electron chi connectivity index (χ0n) is 15.8. The van der Waals surface area contributed by atoms with E-state index in [1.54, 1.807) is 0 Å². The lowest BCUT2D eigenvalue weighted by atomic mass is 10.1. The molecule has 1 amide bonds. The number of aromatic nitrogens is 3. The van der Waals surface area contributed by atoms with Crippen molar-refractivity contribution in [2.24, 2.45) is 0 Å². The minimum Gasteiger partial charge on any atom is -0.325 e. The number of hydrogen-bond donors (Lipinski definition) is 1. The standard InChI is InChI=1S/C19H18FN5O3S/c1-3-24-18(13-6-4-12(2)5-7-13)22-23-19(24)29-11-17(26)21-14-8-9-15(20)16(10-14)25(27)28/h4-10H,3,11H2,1-2H3,(H,21,26). The molecule has 0 unspecified atom stereocenters. The molecule has 150 valence electrons. The molecule has 0 aliphatic rings. The molecule has 1 heterocycles. The van der Waals surface area contributed by atoms with Gasteiger partial charge < -0.3 is 9.88 Å². The Bertz CT molecular complexity index is 1050. The summed E-state index contributed by atoms with van der Waals surface area (Å²) >= 11 is 1.20. The maximum atomic E-state index is 13.4. The van der Waals surface area contributed by atoms with E-state index in [2.05, 4.69) is 15.5 Å². The Morgan fingerprint density at radius 3 is 2.62 bits per heavy atom. The number of benzene rings is 2. The van der Waals surface area contributed by atoms with Gasteiger partial charge in [-0.05, 0) is 26.0 Å². The van der Waals surface area contributed by atoms with E-state index in [0.717, 1.165) is 23.3 Å². The van der Waals surface area contributed by atoms with Gasteiger partial charge in [0.15, 0.2) is 11.0 Å². The summed E-state index contributed by atoms with van der Waals surface area (Å²) in [6.45, 7) is 4.59. The van der Waals surface area contributed by atoms with E-state index >= 15 is 0 Å². The van der Waals surface area contributed by atoms with Crippen molar-refractivity contribution < 1.29 is 14.1 Å². The van der Waals surface area contributed by atoms with Crippen LogP contribution in [0.3, 0.4) is 0 Å². The van der Waals surface area contributed by atoms with Crippen LogP contribution in [0.4, 0.5) is 15.8 Å². The first-order chi connectivity index (χ1) is 13.9. The van der Waals surface area contributed by atoms with Crippen molar-refractivity contribution in [1.29, 1.82) is 0 Å². The Morgan fingerprint density at radius 1 is 1.24 bits per heavy atom. The average molecular weight is 415 g/mol. The lowest BCUT2D eigenvalue weighted by Crippen LogP contribution is -2.15. The van der Waals surface area contributed by atoms with E-state index in [1.165, 1.54) is 17.8 Å². The van der Waals surface area contributed by atoms with Gasteiger partial charge in [0.2, 0.25) is 11.7 Å². The monoisotopic (exact) mass is 415 g/mol. The number of carbonyl (C=O) groups is 1. The fourth-order valence-electron chi connectivity index (χ4n) is 2.65. The number of amides is 1. The number of carbonyl (C=O) groups excluding carboxylic acids is 1. The Hall–Kier alpha value is -3.27. The third kappa shape index (κ3) is 4.77. The molecule has 0 saturated carbocycles. The van der Waals surface area contributed by atoms with Crippen molar-refractivity contribution >= 4 is 29.0 Å². The van der Waals surface area contributed by atoms with Gasteiger partial charge in [-0.15, -0.1) is 10.2 Å². The molecule has 0 radical (unpaired) electrons. The minimum atomic E-state index is -0.956. The highest BCUT2D eigenvalue weighted by Crippen LogP contribution is 2.25. The Morgan fingerprint density at radius 2 is 1.97 bits per heavy atom. The summed E-state index contributed by atoms with van der Waals surface area (Å²) in [5.74, 6) is -0.609. The summed E-state index contributed by atoms with van der Waals surface area (Å²) in [7, 11) is 0. The zero-order valence-corrected chi connectivity index (χ0v) is 16.6. The number of hydrogen-bond acceptors (Lipinski definition) is 6. The number of nitrogens with zero attached hydrogens (tertiary/aromatic N) is 4. The molecular weight excluding hydrogens is 397 g/mol. The highest BCUT2D eigenvalue weighted by Gasteiger charge is 2.17. The largest absolute Gasteiger partial charge is 0.325 e. The summed E-state index contributed by atoms with van der Waals surface area (Å²) in [6.07, 6.45) is 0. The third-order valence-corrected chi connectivity index (χ3v) is 5.07. The molecular formula is C19H18FN5O3S. The van der Waals surface area contributed by atoms with E-state index in [0.29, 0.717) is 17.5 Å². The van der Waals surface area contributed by atoms with E-state index in [4.69, 9.17) is 0 Å². The lowest BCUT2D eigenvalue weighted by molar-refractivity contribution is -0.387. The number of nitrogens with one attached hydrogen (secondary N) is 1. The first kappa shape index (κ1) is 20.5. The first-order valence-electron chi connectivity index (χ1n) is 8.76. The van der Waals surface area contributed by atoms with E-state index in [9.17, 15) is 19.3 Å². The number of aryl methyl sites for hydroxylation is 1. The maximum Gasteiger partial charge on any atom is 0.306 e. The van der Waals surface area contributed by atoms with Gasteiger partial charge in [0.25, 0.3) is 0 Å². The number of nitro benzene ring substituents is 1. The fourth-order valence-corrected chi connectivity index (χ4v) is 3.46. The number of halogens is 1. The molecule has 0 bridgehead atoms. The van der Waals surface area contributed by atoms with Crippen LogP contribution in [0.15, 0.2) is 47.6 Å². The number of anilines is 1. The van der Waals surface area contributed by atoms with Gasteiger partial charge in [0.1, 0.15) is 0 Å². The molecule has 0 atom stereocenters. The molecule has 10 heteroatoms. The van der Waals surface area contributed by atoms with Gasteiger partial charge in [-0.25, -0.2) is 0 Å². The van der Waals surface area contributed by atoms with Crippen molar-refractivity contribution in [3.05, 3.63) is 64.0 Å². The van der Waals surface area contributed by atoms with Crippen molar-refractivity contribution in [3.63, 3.8) is 0 Å². The summed E-state index contributed by atoms with van der Waals surface area (Å²) < 4.78 is 15.3. The van der Waals surface area contributed by atoms with Gasteiger partial charge in [-0.3, -0.25) is 14.9 Å². The second-order valence-corrected chi connectivity index (χ2v) is 7.12. The van der Waals surface area contributed by atoms with Gasteiger partial charge in [0, 0.05) is 23.9 Å². The van der Waals surface area contributed by atoms with Gasteiger partial charge in [-0.1, -0.05) is 41.6 Å². The number of thioether (sulfide) groups is 1. The Labute approximate surface area is 170 Å². The summed E-state index contributed by atoms with van der Waals surface area (Å²) in [4.78, 5) is 22.2. The molecule has 0 aliphatic carbocycles. The second-order valence-electron chi connectivity index (χ2n) is 6.18. The number of nitro groups is 1. The summed E-state index contributed by atoms with van der Waals surface area (Å²) in [6, 6.07) is 11.1. The topological polar surface area (TPSA) is 103 Å². The van der Waals surface area contributed by atoms with E-state index < -0.39 is 22.3 Å². The minimum absolute atomic E-state index is 0.0250. The van der Waals surface area contributed by atoms with Crippen molar-refractivity contribution in [1.82, 2.24) is 14.8 Å².